The van der Waals surface area contributed by atoms with Crippen molar-refractivity contribution in [3.8, 4) is 17.1 Å². The first-order valence-corrected chi connectivity index (χ1v) is 14.2. The molecule has 2 heterocycles. The molecule has 5 rings (SSSR count). The second kappa shape index (κ2) is 10.7. The summed E-state index contributed by atoms with van der Waals surface area (Å²) in [5.74, 6) is 1.15. The summed E-state index contributed by atoms with van der Waals surface area (Å²) in [5, 5.41) is 12.1. The lowest BCUT2D eigenvalue weighted by atomic mass is 10.1. The van der Waals surface area contributed by atoms with E-state index in [0.717, 1.165) is 0 Å². The first kappa shape index (κ1) is 26.1. The minimum absolute atomic E-state index is 0.0609. The Balaban J connectivity index is 1.44. The van der Waals surface area contributed by atoms with E-state index in [1.54, 1.807) is 54.6 Å². The van der Waals surface area contributed by atoms with Gasteiger partial charge in [-0.05, 0) is 56.2 Å². The van der Waals surface area contributed by atoms with Gasteiger partial charge < -0.3 is 19.5 Å². The van der Waals surface area contributed by atoms with Gasteiger partial charge in [0.15, 0.2) is 15.7 Å². The van der Waals surface area contributed by atoms with Crippen LogP contribution in [0.2, 0.25) is 0 Å². The molecule has 200 valence electrons. The van der Waals surface area contributed by atoms with Crippen molar-refractivity contribution in [1.29, 1.82) is 0 Å². The number of para-hydroxylation sites is 1. The second-order valence-electron chi connectivity index (χ2n) is 9.49. The highest BCUT2D eigenvalue weighted by atomic mass is 32.2. The standard InChI is InChI=1S/C27H30N4O6S/c1-19-18-36-15-13-31(19)24-17-23(27(11-12-27)38(34,35)16-14-32)29-25(30-24)20-7-9-21(10-8-20)28-26(33)37-22-5-3-2-4-6-22/h2-10,17,19,32H,11-16,18H2,1H3,(H,28,33). The Labute approximate surface area is 221 Å². The molecule has 2 fully saturated rings. The van der Waals surface area contributed by atoms with Gasteiger partial charge in [0.1, 0.15) is 16.3 Å². The normalized spacial score (nSPS) is 18.6. The van der Waals surface area contributed by atoms with Gasteiger partial charge in [0.2, 0.25) is 0 Å². The molecule has 1 saturated carbocycles. The Bertz CT molecular complexity index is 1390. The fourth-order valence-electron chi connectivity index (χ4n) is 4.61. The number of sulfone groups is 1. The molecular weight excluding hydrogens is 508 g/mol. The summed E-state index contributed by atoms with van der Waals surface area (Å²) in [6.45, 7) is 3.32. The minimum atomic E-state index is -3.60. The molecule has 0 radical (unpaired) electrons. The molecule has 0 bridgehead atoms. The predicted octanol–water partition coefficient (Wildman–Crippen LogP) is 3.38. The molecule has 3 aromatic rings. The molecule has 1 amide bonds. The van der Waals surface area contributed by atoms with Crippen molar-refractivity contribution in [2.45, 2.75) is 30.6 Å². The molecule has 0 spiro atoms. The van der Waals surface area contributed by atoms with Crippen LogP contribution in [-0.2, 0) is 19.3 Å². The van der Waals surface area contributed by atoms with Crippen LogP contribution in [0.4, 0.5) is 16.3 Å². The predicted molar refractivity (Wildman–Crippen MR) is 143 cm³/mol. The number of hydrogen-bond acceptors (Lipinski definition) is 9. The number of carbonyl (C=O) groups excluding carboxylic acids is 1. The monoisotopic (exact) mass is 538 g/mol. The first-order chi connectivity index (χ1) is 18.3. The van der Waals surface area contributed by atoms with E-state index in [1.165, 1.54) is 0 Å². The van der Waals surface area contributed by atoms with Gasteiger partial charge in [-0.2, -0.15) is 0 Å². The average molecular weight is 539 g/mol. The first-order valence-electron chi connectivity index (χ1n) is 12.5. The molecule has 1 saturated heterocycles. The Morgan fingerprint density at radius 2 is 1.89 bits per heavy atom. The lowest BCUT2D eigenvalue weighted by molar-refractivity contribution is 0.0985. The minimum Gasteiger partial charge on any atom is -0.410 e. The number of aromatic nitrogens is 2. The van der Waals surface area contributed by atoms with Crippen LogP contribution in [-0.4, -0.2) is 67.7 Å². The zero-order valence-electron chi connectivity index (χ0n) is 21.0. The number of aliphatic hydroxyl groups excluding tert-OH is 1. The smallest absolute Gasteiger partial charge is 0.410 e. The summed E-state index contributed by atoms with van der Waals surface area (Å²) in [7, 11) is -3.60. The van der Waals surface area contributed by atoms with Gasteiger partial charge in [0.25, 0.3) is 0 Å². The lowest BCUT2D eigenvalue weighted by Gasteiger charge is -2.34. The highest BCUT2D eigenvalue weighted by Gasteiger charge is 2.57. The maximum atomic E-state index is 13.1. The van der Waals surface area contributed by atoms with Crippen LogP contribution in [0.25, 0.3) is 11.4 Å². The van der Waals surface area contributed by atoms with E-state index in [4.69, 9.17) is 19.4 Å². The molecule has 1 aliphatic heterocycles. The van der Waals surface area contributed by atoms with Crippen LogP contribution in [0.3, 0.4) is 0 Å². The number of rotatable bonds is 8. The average Bonchev–Trinajstić information content (AvgIpc) is 3.73. The molecule has 1 aliphatic carbocycles. The molecule has 10 nitrogen and oxygen atoms in total. The molecule has 1 aromatic heterocycles. The maximum Gasteiger partial charge on any atom is 0.417 e. The molecule has 1 atom stereocenters. The summed E-state index contributed by atoms with van der Waals surface area (Å²) in [4.78, 5) is 23.9. The molecule has 38 heavy (non-hydrogen) atoms. The van der Waals surface area contributed by atoms with E-state index in [0.29, 0.717) is 66.9 Å². The number of amides is 1. The number of ether oxygens (including phenoxy) is 2. The summed E-state index contributed by atoms with van der Waals surface area (Å²) in [6.07, 6.45) is 0.294. The van der Waals surface area contributed by atoms with E-state index in [2.05, 4.69) is 10.2 Å². The number of morpholine rings is 1. The Hall–Kier alpha value is -3.54. The van der Waals surface area contributed by atoms with Crippen molar-refractivity contribution < 1.29 is 27.8 Å². The van der Waals surface area contributed by atoms with Crippen molar-refractivity contribution >= 4 is 27.4 Å². The number of hydrogen-bond donors (Lipinski definition) is 2. The quantitative estimate of drug-likeness (QED) is 0.443. The Morgan fingerprint density at radius 1 is 1.16 bits per heavy atom. The Kier molecular flexibility index (Phi) is 7.33. The number of benzene rings is 2. The van der Waals surface area contributed by atoms with Gasteiger partial charge in [-0.25, -0.2) is 23.2 Å². The third-order valence-corrected chi connectivity index (χ3v) is 9.37. The number of nitrogens with one attached hydrogen (secondary N) is 1. The highest BCUT2D eigenvalue weighted by Crippen LogP contribution is 2.53. The summed E-state index contributed by atoms with van der Waals surface area (Å²) in [6, 6.07) is 17.6. The largest absolute Gasteiger partial charge is 0.417 e. The van der Waals surface area contributed by atoms with Crippen LogP contribution in [0.1, 0.15) is 25.5 Å². The zero-order chi connectivity index (χ0) is 26.8. The van der Waals surface area contributed by atoms with Gasteiger partial charge in [-0.3, -0.25) is 5.32 Å². The van der Waals surface area contributed by atoms with E-state index >= 15 is 0 Å². The van der Waals surface area contributed by atoms with Crippen molar-refractivity contribution in [3.05, 3.63) is 66.4 Å². The lowest BCUT2D eigenvalue weighted by Crippen LogP contribution is -2.44. The number of aliphatic hydroxyl groups is 1. The highest BCUT2D eigenvalue weighted by molar-refractivity contribution is 7.92. The van der Waals surface area contributed by atoms with Gasteiger partial charge >= 0.3 is 6.09 Å². The van der Waals surface area contributed by atoms with Crippen molar-refractivity contribution in [2.24, 2.45) is 0 Å². The molecule has 2 aliphatic rings. The van der Waals surface area contributed by atoms with E-state index < -0.39 is 27.3 Å². The maximum absolute atomic E-state index is 13.1. The number of anilines is 2. The number of nitrogens with zero attached hydrogens (tertiary/aromatic N) is 3. The van der Waals surface area contributed by atoms with E-state index in [1.807, 2.05) is 13.0 Å². The molecule has 1 unspecified atom stereocenters. The fraction of sp³-hybridized carbons (Fsp3) is 0.370. The van der Waals surface area contributed by atoms with Gasteiger partial charge in [0, 0.05) is 23.9 Å². The van der Waals surface area contributed by atoms with Crippen LogP contribution >= 0.6 is 0 Å². The summed E-state index contributed by atoms with van der Waals surface area (Å²) >= 11 is 0. The van der Waals surface area contributed by atoms with Crippen molar-refractivity contribution in [1.82, 2.24) is 9.97 Å². The second-order valence-corrected chi connectivity index (χ2v) is 11.9. The van der Waals surface area contributed by atoms with E-state index in [9.17, 15) is 18.3 Å². The molecule has 2 aromatic carbocycles. The van der Waals surface area contributed by atoms with Crippen molar-refractivity contribution in [3.63, 3.8) is 0 Å². The summed E-state index contributed by atoms with van der Waals surface area (Å²) in [5.41, 5.74) is 1.64. The van der Waals surface area contributed by atoms with Crippen molar-refractivity contribution in [2.75, 3.05) is 42.3 Å². The van der Waals surface area contributed by atoms with Gasteiger partial charge in [-0.1, -0.05) is 18.2 Å². The van der Waals surface area contributed by atoms with Crippen LogP contribution in [0.15, 0.2) is 60.7 Å². The summed E-state index contributed by atoms with van der Waals surface area (Å²) < 4.78 is 35.9. The zero-order valence-corrected chi connectivity index (χ0v) is 21.9. The van der Waals surface area contributed by atoms with Crippen LogP contribution < -0.4 is 15.0 Å². The third kappa shape index (κ3) is 5.35. The third-order valence-electron chi connectivity index (χ3n) is 6.84. The van der Waals surface area contributed by atoms with E-state index in [-0.39, 0.29) is 11.8 Å². The van der Waals surface area contributed by atoms with Crippen LogP contribution in [0, 0.1) is 0 Å². The fourth-order valence-corrected chi connectivity index (χ4v) is 6.39. The van der Waals surface area contributed by atoms with Crippen LogP contribution in [0.5, 0.6) is 5.75 Å². The topological polar surface area (TPSA) is 131 Å². The molecule has 11 heteroatoms. The Morgan fingerprint density at radius 3 is 2.55 bits per heavy atom. The molecular formula is C27H30N4O6S. The SMILES string of the molecule is CC1COCCN1c1cc(C2(S(=O)(=O)CCO)CC2)nc(-c2ccc(NC(=O)Oc3ccccc3)cc2)n1. The number of carbonyl (C=O) groups is 1. The molecule has 2 N–H and O–H groups in total. The van der Waals surface area contributed by atoms with Gasteiger partial charge in [0.05, 0.1) is 37.3 Å². The van der Waals surface area contributed by atoms with Gasteiger partial charge in [-0.15, -0.1) is 0 Å².